The molecule has 2 rings (SSSR count). The van der Waals surface area contributed by atoms with Crippen molar-refractivity contribution >= 4 is 23.2 Å². The lowest BCUT2D eigenvalue weighted by atomic mass is 10.2. The lowest BCUT2D eigenvalue weighted by molar-refractivity contribution is 0.281. The van der Waals surface area contributed by atoms with Gasteiger partial charge in [-0.3, -0.25) is 0 Å². The molecule has 1 aromatic heterocycles. The first-order valence-corrected chi connectivity index (χ1v) is 5.90. The van der Waals surface area contributed by atoms with Crippen LogP contribution in [0.1, 0.15) is 16.8 Å². The number of aromatic nitrogens is 2. The fraction of sp³-hybridized carbons (Fsp3) is 0.250. The van der Waals surface area contributed by atoms with Crippen LogP contribution in [0, 0.1) is 13.8 Å². The summed E-state index contributed by atoms with van der Waals surface area (Å²) in [6.45, 7) is 3.74. The Morgan fingerprint density at radius 1 is 1.24 bits per heavy atom. The summed E-state index contributed by atoms with van der Waals surface area (Å²) >= 11 is 12.4. The third-order valence-electron chi connectivity index (χ3n) is 2.65. The molecular weight excluding hydrogens is 259 g/mol. The van der Waals surface area contributed by atoms with Crippen molar-refractivity contribution in [2.45, 2.75) is 20.5 Å². The van der Waals surface area contributed by atoms with Crippen molar-refractivity contribution in [2.24, 2.45) is 0 Å². The Morgan fingerprint density at radius 2 is 1.82 bits per heavy atom. The molecule has 0 aliphatic rings. The maximum atomic E-state index is 9.14. The van der Waals surface area contributed by atoms with Gasteiger partial charge in [0.1, 0.15) is 5.69 Å². The molecule has 90 valence electrons. The number of nitrogens with zero attached hydrogens (tertiary/aromatic N) is 2. The highest BCUT2D eigenvalue weighted by Gasteiger charge is 2.14. The first-order chi connectivity index (χ1) is 8.04. The molecule has 17 heavy (non-hydrogen) atoms. The quantitative estimate of drug-likeness (QED) is 0.910. The van der Waals surface area contributed by atoms with Crippen molar-refractivity contribution in [3.05, 3.63) is 45.2 Å². The van der Waals surface area contributed by atoms with Gasteiger partial charge in [-0.2, -0.15) is 5.10 Å². The minimum absolute atomic E-state index is 0.0487. The molecule has 0 bridgehead atoms. The van der Waals surface area contributed by atoms with E-state index in [1.54, 1.807) is 10.9 Å². The molecule has 0 aliphatic heterocycles. The van der Waals surface area contributed by atoms with Gasteiger partial charge in [0.2, 0.25) is 0 Å². The van der Waals surface area contributed by atoms with Crippen LogP contribution in [0.25, 0.3) is 5.69 Å². The molecule has 0 radical (unpaired) electrons. The normalized spacial score (nSPS) is 10.9. The summed E-state index contributed by atoms with van der Waals surface area (Å²) in [5.74, 6) is 0. The van der Waals surface area contributed by atoms with Crippen LogP contribution in [0.4, 0.5) is 0 Å². The van der Waals surface area contributed by atoms with Crippen molar-refractivity contribution in [2.75, 3.05) is 0 Å². The Balaban J connectivity index is 2.64. The number of hydrogen-bond donors (Lipinski definition) is 1. The second-order valence-electron chi connectivity index (χ2n) is 3.90. The average Bonchev–Trinajstić information content (AvgIpc) is 2.59. The van der Waals surface area contributed by atoms with Crippen molar-refractivity contribution in [1.29, 1.82) is 0 Å². The van der Waals surface area contributed by atoms with Gasteiger partial charge in [0.05, 0.1) is 22.8 Å². The zero-order valence-corrected chi connectivity index (χ0v) is 11.0. The third kappa shape index (κ3) is 2.18. The van der Waals surface area contributed by atoms with Gasteiger partial charge in [-0.05, 0) is 31.5 Å². The molecule has 0 spiro atoms. The highest BCUT2D eigenvalue weighted by atomic mass is 35.5. The van der Waals surface area contributed by atoms with E-state index in [0.29, 0.717) is 15.7 Å². The van der Waals surface area contributed by atoms with Gasteiger partial charge in [-0.15, -0.1) is 0 Å². The van der Waals surface area contributed by atoms with E-state index in [4.69, 9.17) is 28.3 Å². The number of aliphatic hydroxyl groups excluding tert-OH is 1. The highest BCUT2D eigenvalue weighted by molar-refractivity contribution is 6.37. The van der Waals surface area contributed by atoms with Crippen LogP contribution in [0.15, 0.2) is 18.3 Å². The molecule has 0 aliphatic carbocycles. The van der Waals surface area contributed by atoms with Crippen LogP contribution < -0.4 is 0 Å². The fourth-order valence-corrected chi connectivity index (χ4v) is 2.48. The lowest BCUT2D eigenvalue weighted by Gasteiger charge is -2.10. The molecule has 5 heteroatoms. The summed E-state index contributed by atoms with van der Waals surface area (Å²) in [6.07, 6.45) is 1.61. The molecule has 0 atom stereocenters. The van der Waals surface area contributed by atoms with E-state index in [1.165, 1.54) is 0 Å². The van der Waals surface area contributed by atoms with Crippen molar-refractivity contribution in [1.82, 2.24) is 9.78 Å². The summed E-state index contributed by atoms with van der Waals surface area (Å²) in [5, 5.41) is 14.4. The predicted octanol–water partition coefficient (Wildman–Crippen LogP) is 3.29. The summed E-state index contributed by atoms with van der Waals surface area (Å²) in [4.78, 5) is 0. The highest BCUT2D eigenvalue weighted by Crippen LogP contribution is 2.31. The molecule has 3 nitrogen and oxygen atoms in total. The molecule has 1 heterocycles. The summed E-state index contributed by atoms with van der Waals surface area (Å²) < 4.78 is 1.65. The molecular formula is C12H12Cl2N2O. The minimum Gasteiger partial charge on any atom is -0.392 e. The van der Waals surface area contributed by atoms with Gasteiger partial charge in [-0.1, -0.05) is 23.2 Å². The largest absolute Gasteiger partial charge is 0.392 e. The van der Waals surface area contributed by atoms with Crippen molar-refractivity contribution in [3.63, 3.8) is 0 Å². The zero-order chi connectivity index (χ0) is 12.6. The third-order valence-corrected chi connectivity index (χ3v) is 3.23. The van der Waals surface area contributed by atoms with E-state index in [1.807, 2.05) is 26.0 Å². The fourth-order valence-electron chi connectivity index (χ4n) is 1.72. The van der Waals surface area contributed by atoms with Crippen molar-refractivity contribution < 1.29 is 5.11 Å². The van der Waals surface area contributed by atoms with Gasteiger partial charge in [-0.25, -0.2) is 4.68 Å². The van der Waals surface area contributed by atoms with E-state index in [0.717, 1.165) is 16.8 Å². The van der Waals surface area contributed by atoms with E-state index >= 15 is 0 Å². The topological polar surface area (TPSA) is 38.0 Å². The Labute approximate surface area is 110 Å². The molecule has 0 unspecified atom stereocenters. The number of rotatable bonds is 2. The van der Waals surface area contributed by atoms with Crippen LogP contribution in [0.3, 0.4) is 0 Å². The average molecular weight is 271 g/mol. The second kappa shape index (κ2) is 4.69. The minimum atomic E-state index is -0.0487. The number of aliphatic hydroxyl groups is 1. The van der Waals surface area contributed by atoms with Crippen LogP contribution >= 0.6 is 23.2 Å². The number of benzene rings is 1. The van der Waals surface area contributed by atoms with Gasteiger partial charge < -0.3 is 5.11 Å². The Hall–Kier alpha value is -1.03. The van der Waals surface area contributed by atoms with Crippen molar-refractivity contribution in [3.8, 4) is 5.69 Å². The summed E-state index contributed by atoms with van der Waals surface area (Å²) in [5.41, 5.74) is 3.24. The Kier molecular flexibility index (Phi) is 3.43. The molecule has 0 fully saturated rings. The van der Waals surface area contributed by atoms with Gasteiger partial charge in [0, 0.05) is 11.3 Å². The smallest absolute Gasteiger partial charge is 0.102 e. The van der Waals surface area contributed by atoms with Crippen LogP contribution in [-0.4, -0.2) is 14.9 Å². The van der Waals surface area contributed by atoms with Crippen LogP contribution in [0.5, 0.6) is 0 Å². The van der Waals surface area contributed by atoms with Gasteiger partial charge in [0.15, 0.2) is 0 Å². The first kappa shape index (κ1) is 12.4. The van der Waals surface area contributed by atoms with E-state index < -0.39 is 0 Å². The second-order valence-corrected chi connectivity index (χ2v) is 4.72. The maximum absolute atomic E-state index is 9.14. The molecule has 1 aromatic carbocycles. The van der Waals surface area contributed by atoms with Crippen LogP contribution in [0.2, 0.25) is 10.0 Å². The number of halogens is 2. The molecule has 0 amide bonds. The monoisotopic (exact) mass is 270 g/mol. The van der Waals surface area contributed by atoms with Gasteiger partial charge in [0.25, 0.3) is 0 Å². The summed E-state index contributed by atoms with van der Waals surface area (Å²) in [7, 11) is 0. The van der Waals surface area contributed by atoms with E-state index in [9.17, 15) is 0 Å². The Bertz CT molecular complexity index is 541. The SMILES string of the molecule is Cc1cc(Cl)c(-n2ncc(CO)c2C)c(Cl)c1. The van der Waals surface area contributed by atoms with Crippen LogP contribution in [-0.2, 0) is 6.61 Å². The lowest BCUT2D eigenvalue weighted by Crippen LogP contribution is -2.02. The number of hydrogen-bond acceptors (Lipinski definition) is 2. The first-order valence-electron chi connectivity index (χ1n) is 5.15. The maximum Gasteiger partial charge on any atom is 0.102 e. The zero-order valence-electron chi connectivity index (χ0n) is 9.54. The van der Waals surface area contributed by atoms with E-state index in [-0.39, 0.29) is 6.61 Å². The molecule has 0 saturated heterocycles. The van der Waals surface area contributed by atoms with E-state index in [2.05, 4.69) is 5.10 Å². The molecule has 2 aromatic rings. The Morgan fingerprint density at radius 3 is 2.29 bits per heavy atom. The van der Waals surface area contributed by atoms with Gasteiger partial charge >= 0.3 is 0 Å². The molecule has 1 N–H and O–H groups in total. The predicted molar refractivity (Wildman–Crippen MR) is 69.0 cm³/mol. The standard InChI is InChI=1S/C12H12Cl2N2O/c1-7-3-10(13)12(11(14)4-7)16-8(2)9(6-17)5-15-16/h3-5,17H,6H2,1-2H3. The number of aryl methyl sites for hydroxylation is 1. The molecule has 0 saturated carbocycles. The summed E-state index contributed by atoms with van der Waals surface area (Å²) in [6, 6.07) is 3.67.